The minimum atomic E-state index is -0.385. The monoisotopic (exact) mass is 323 g/mol. The molecule has 2 aromatic carbocycles. The number of hydrogen-bond acceptors (Lipinski definition) is 5. The molecule has 0 fully saturated rings. The van der Waals surface area contributed by atoms with Gasteiger partial charge in [-0.15, -0.1) is 0 Å². The lowest BCUT2D eigenvalue weighted by Crippen LogP contribution is -2.00. The molecule has 0 atom stereocenters. The molecule has 0 N–H and O–H groups in total. The van der Waals surface area contributed by atoms with E-state index >= 15 is 0 Å². The molecule has 0 saturated heterocycles. The van der Waals surface area contributed by atoms with E-state index in [1.807, 2.05) is 6.07 Å². The minimum Gasteiger partial charge on any atom is -0.493 e. The maximum absolute atomic E-state index is 10.9. The van der Waals surface area contributed by atoms with Gasteiger partial charge in [-0.3, -0.25) is 4.79 Å². The Morgan fingerprint density at radius 3 is 2.25 bits per heavy atom. The Hall–Kier alpha value is -3.26. The average Bonchev–Trinajstić information content (AvgIpc) is 2.59. The molecule has 0 aliphatic rings. The van der Waals surface area contributed by atoms with Crippen LogP contribution in [0.5, 0.6) is 17.2 Å². The average molecular weight is 323 g/mol. The first-order valence-corrected chi connectivity index (χ1v) is 7.20. The van der Waals surface area contributed by atoms with Crippen molar-refractivity contribution >= 4 is 17.6 Å². The second kappa shape index (κ2) is 7.84. The van der Waals surface area contributed by atoms with Crippen molar-refractivity contribution in [3.63, 3.8) is 0 Å². The largest absolute Gasteiger partial charge is 0.493 e. The van der Waals surface area contributed by atoms with E-state index in [2.05, 4.69) is 6.07 Å². The molecular weight excluding hydrogens is 306 g/mol. The third-order valence-corrected chi connectivity index (χ3v) is 3.27. The smallest absolute Gasteiger partial charge is 0.308 e. The molecule has 0 saturated carbocycles. The van der Waals surface area contributed by atoms with Gasteiger partial charge < -0.3 is 14.2 Å². The van der Waals surface area contributed by atoms with Gasteiger partial charge in [-0.2, -0.15) is 5.26 Å². The van der Waals surface area contributed by atoms with Gasteiger partial charge in [0.1, 0.15) is 5.75 Å². The number of benzene rings is 2. The highest BCUT2D eigenvalue weighted by Gasteiger charge is 2.06. The third kappa shape index (κ3) is 4.14. The summed E-state index contributed by atoms with van der Waals surface area (Å²) in [6, 6.07) is 14.3. The number of carbonyl (C=O) groups excluding carboxylic acids is 1. The molecule has 5 nitrogen and oxygen atoms in total. The summed E-state index contributed by atoms with van der Waals surface area (Å²) < 4.78 is 15.4. The lowest BCUT2D eigenvalue weighted by Gasteiger charge is -2.08. The van der Waals surface area contributed by atoms with E-state index in [4.69, 9.17) is 14.2 Å². The topological polar surface area (TPSA) is 68.5 Å². The molecule has 24 heavy (non-hydrogen) atoms. The molecule has 0 spiro atoms. The van der Waals surface area contributed by atoms with Crippen molar-refractivity contribution in [2.75, 3.05) is 14.2 Å². The van der Waals surface area contributed by atoms with Gasteiger partial charge in [-0.05, 0) is 53.6 Å². The van der Waals surface area contributed by atoms with Gasteiger partial charge in [0.15, 0.2) is 11.5 Å². The lowest BCUT2D eigenvalue weighted by molar-refractivity contribution is -0.131. The zero-order valence-electron chi connectivity index (χ0n) is 13.7. The quantitative estimate of drug-likeness (QED) is 0.363. The number of methoxy groups -OCH3 is 2. The summed E-state index contributed by atoms with van der Waals surface area (Å²) in [5.41, 5.74) is 2.02. The summed E-state index contributed by atoms with van der Waals surface area (Å²) in [6.45, 7) is 1.34. The van der Waals surface area contributed by atoms with Crippen LogP contribution in [0.25, 0.3) is 11.6 Å². The van der Waals surface area contributed by atoms with Crippen molar-refractivity contribution in [2.24, 2.45) is 0 Å². The lowest BCUT2D eigenvalue weighted by atomic mass is 10.0. The van der Waals surface area contributed by atoms with Gasteiger partial charge in [0.05, 0.1) is 25.9 Å². The minimum absolute atomic E-state index is 0.385. The molecule has 2 rings (SSSR count). The fraction of sp³-hybridized carbons (Fsp3) is 0.158. The summed E-state index contributed by atoms with van der Waals surface area (Å²) in [6.07, 6.45) is 1.75. The van der Waals surface area contributed by atoms with Gasteiger partial charge in [0, 0.05) is 6.92 Å². The van der Waals surface area contributed by atoms with Crippen molar-refractivity contribution in [3.05, 3.63) is 53.6 Å². The van der Waals surface area contributed by atoms with E-state index in [1.54, 1.807) is 56.7 Å². The van der Waals surface area contributed by atoms with Crippen LogP contribution in [-0.4, -0.2) is 20.2 Å². The maximum Gasteiger partial charge on any atom is 0.308 e. The highest BCUT2D eigenvalue weighted by molar-refractivity contribution is 5.90. The van der Waals surface area contributed by atoms with E-state index in [0.29, 0.717) is 22.8 Å². The Morgan fingerprint density at radius 2 is 1.71 bits per heavy atom. The zero-order chi connectivity index (χ0) is 17.5. The molecule has 5 heteroatoms. The molecule has 0 radical (unpaired) electrons. The number of allylic oxidation sites excluding steroid dienone is 1. The molecule has 0 bridgehead atoms. The Balaban J connectivity index is 2.32. The molecule has 2 aromatic rings. The zero-order valence-corrected chi connectivity index (χ0v) is 13.7. The van der Waals surface area contributed by atoms with Crippen LogP contribution in [0.2, 0.25) is 0 Å². The fourth-order valence-corrected chi connectivity index (χ4v) is 2.16. The summed E-state index contributed by atoms with van der Waals surface area (Å²) in [5, 5.41) is 9.42. The van der Waals surface area contributed by atoms with Crippen LogP contribution in [0.1, 0.15) is 18.1 Å². The van der Waals surface area contributed by atoms with Crippen molar-refractivity contribution in [1.29, 1.82) is 5.26 Å². The predicted octanol–water partition coefficient (Wildman–Crippen LogP) is 3.69. The van der Waals surface area contributed by atoms with Gasteiger partial charge in [0.2, 0.25) is 0 Å². The summed E-state index contributed by atoms with van der Waals surface area (Å²) in [5.74, 6) is 1.27. The van der Waals surface area contributed by atoms with Crippen LogP contribution in [0, 0.1) is 11.3 Å². The first-order valence-electron chi connectivity index (χ1n) is 7.20. The van der Waals surface area contributed by atoms with Crippen molar-refractivity contribution < 1.29 is 19.0 Å². The third-order valence-electron chi connectivity index (χ3n) is 3.27. The van der Waals surface area contributed by atoms with Crippen LogP contribution >= 0.6 is 0 Å². The first-order chi connectivity index (χ1) is 11.6. The van der Waals surface area contributed by atoms with Crippen LogP contribution in [0.15, 0.2) is 42.5 Å². The summed E-state index contributed by atoms with van der Waals surface area (Å²) in [4.78, 5) is 10.9. The maximum atomic E-state index is 10.9. The molecular formula is C19H17NO4. The highest BCUT2D eigenvalue weighted by atomic mass is 16.5. The summed E-state index contributed by atoms with van der Waals surface area (Å²) >= 11 is 0. The Bertz CT molecular complexity index is 801. The van der Waals surface area contributed by atoms with Crippen molar-refractivity contribution in [2.45, 2.75) is 6.92 Å². The summed E-state index contributed by atoms with van der Waals surface area (Å²) in [7, 11) is 3.13. The Kier molecular flexibility index (Phi) is 5.58. The predicted molar refractivity (Wildman–Crippen MR) is 90.8 cm³/mol. The number of nitrogens with zero attached hydrogens (tertiary/aromatic N) is 1. The van der Waals surface area contributed by atoms with Gasteiger partial charge in [-0.1, -0.05) is 6.07 Å². The number of esters is 1. The standard InChI is InChI=1S/C19H17NO4/c1-13(21)24-17-7-5-15(6-8-17)16(12-20)10-14-4-9-18(22-2)19(11-14)23-3/h4-11H,1-3H3. The Labute approximate surface area is 140 Å². The van der Waals surface area contributed by atoms with Gasteiger partial charge in [-0.25, -0.2) is 0 Å². The van der Waals surface area contributed by atoms with Gasteiger partial charge in [0.25, 0.3) is 0 Å². The van der Waals surface area contributed by atoms with Crippen LogP contribution in [-0.2, 0) is 4.79 Å². The second-order valence-corrected chi connectivity index (χ2v) is 4.90. The SMILES string of the molecule is COc1ccc(C=C(C#N)c2ccc(OC(C)=O)cc2)cc1OC. The van der Waals surface area contributed by atoms with E-state index in [0.717, 1.165) is 11.1 Å². The van der Waals surface area contributed by atoms with E-state index in [-0.39, 0.29) is 5.97 Å². The van der Waals surface area contributed by atoms with E-state index in [9.17, 15) is 10.1 Å². The van der Waals surface area contributed by atoms with E-state index < -0.39 is 0 Å². The molecule has 0 aromatic heterocycles. The van der Waals surface area contributed by atoms with Crippen LogP contribution in [0.3, 0.4) is 0 Å². The second-order valence-electron chi connectivity index (χ2n) is 4.90. The normalized spacial score (nSPS) is 10.7. The van der Waals surface area contributed by atoms with Crippen molar-refractivity contribution in [1.82, 2.24) is 0 Å². The molecule has 0 unspecified atom stereocenters. The fourth-order valence-electron chi connectivity index (χ4n) is 2.16. The van der Waals surface area contributed by atoms with Gasteiger partial charge >= 0.3 is 5.97 Å². The van der Waals surface area contributed by atoms with E-state index in [1.165, 1.54) is 6.92 Å². The number of ether oxygens (including phenoxy) is 3. The molecule has 0 aliphatic carbocycles. The first kappa shape index (κ1) is 17.1. The molecule has 122 valence electrons. The molecule has 0 amide bonds. The number of carbonyl (C=O) groups is 1. The van der Waals surface area contributed by atoms with Crippen LogP contribution in [0.4, 0.5) is 0 Å². The number of hydrogen-bond donors (Lipinski definition) is 0. The highest BCUT2D eigenvalue weighted by Crippen LogP contribution is 2.29. The Morgan fingerprint density at radius 1 is 1.04 bits per heavy atom. The van der Waals surface area contributed by atoms with Crippen LogP contribution < -0.4 is 14.2 Å². The number of rotatable bonds is 5. The van der Waals surface area contributed by atoms with Crippen molar-refractivity contribution in [3.8, 4) is 23.3 Å². The molecule has 0 heterocycles. The molecule has 0 aliphatic heterocycles. The number of nitriles is 1.